The molecule has 0 bridgehead atoms. The first kappa shape index (κ1) is 16.8. The third-order valence-electron chi connectivity index (χ3n) is 3.10. The molecule has 0 fully saturated rings. The molecule has 0 spiro atoms. The van der Waals surface area contributed by atoms with E-state index in [1.807, 2.05) is 38.2 Å². The van der Waals surface area contributed by atoms with Gasteiger partial charge in [0.1, 0.15) is 5.75 Å². The second kappa shape index (κ2) is 7.63. The molecule has 112 valence electrons. The molecule has 1 atom stereocenters. The fourth-order valence-corrected chi connectivity index (χ4v) is 3.71. The molecule has 1 N–H and O–H groups in total. The maximum absolute atomic E-state index is 6.16. The highest BCUT2D eigenvalue weighted by atomic mass is 79.9. The van der Waals surface area contributed by atoms with Gasteiger partial charge in [-0.25, -0.2) is 0 Å². The third-order valence-corrected chi connectivity index (χ3v) is 4.46. The highest BCUT2D eigenvalue weighted by Crippen LogP contribution is 2.33. The van der Waals surface area contributed by atoms with Crippen molar-refractivity contribution in [2.24, 2.45) is 0 Å². The quantitative estimate of drug-likeness (QED) is 0.665. The molecule has 2 aromatic rings. The van der Waals surface area contributed by atoms with E-state index >= 15 is 0 Å². The zero-order chi connectivity index (χ0) is 15.4. The first-order valence-corrected chi connectivity index (χ1v) is 8.57. The van der Waals surface area contributed by atoms with E-state index in [1.165, 1.54) is 0 Å². The highest BCUT2D eigenvalue weighted by Gasteiger charge is 2.16. The summed E-state index contributed by atoms with van der Waals surface area (Å²) in [5, 5.41) is 4.04. The van der Waals surface area contributed by atoms with Crippen LogP contribution < -0.4 is 10.1 Å². The van der Waals surface area contributed by atoms with E-state index in [2.05, 4.69) is 49.3 Å². The van der Waals surface area contributed by atoms with Gasteiger partial charge < -0.3 is 10.1 Å². The first-order chi connectivity index (χ1) is 10.0. The van der Waals surface area contributed by atoms with Crippen LogP contribution in [0.5, 0.6) is 5.75 Å². The maximum atomic E-state index is 6.16. The Hall–Kier alpha value is -0.550. The van der Waals surface area contributed by atoms with Gasteiger partial charge in [0.05, 0.1) is 12.6 Å². The maximum Gasteiger partial charge on any atom is 0.120 e. The van der Waals surface area contributed by atoms with Gasteiger partial charge in [0.15, 0.2) is 0 Å². The molecule has 2 nitrogen and oxygen atoms in total. The zero-order valence-electron chi connectivity index (χ0n) is 11.8. The lowest BCUT2D eigenvalue weighted by Gasteiger charge is -2.20. The molecule has 0 heterocycles. The van der Waals surface area contributed by atoms with Crippen molar-refractivity contribution in [3.05, 3.63) is 61.5 Å². The van der Waals surface area contributed by atoms with Gasteiger partial charge in [-0.2, -0.15) is 0 Å². The normalized spacial score (nSPS) is 12.2. The van der Waals surface area contributed by atoms with Crippen molar-refractivity contribution >= 4 is 43.5 Å². The van der Waals surface area contributed by atoms with Crippen molar-refractivity contribution in [3.8, 4) is 5.75 Å². The Bertz CT molecular complexity index is 613. The average Bonchev–Trinajstić information content (AvgIpc) is 2.41. The summed E-state index contributed by atoms with van der Waals surface area (Å²) in [6.45, 7) is 2.63. The third kappa shape index (κ3) is 4.22. The summed E-state index contributed by atoms with van der Waals surface area (Å²) in [6, 6.07) is 12.0. The van der Waals surface area contributed by atoms with E-state index in [1.54, 1.807) is 0 Å². The van der Waals surface area contributed by atoms with Crippen molar-refractivity contribution < 1.29 is 4.74 Å². The minimum Gasteiger partial charge on any atom is -0.494 e. The molecule has 0 saturated heterocycles. The van der Waals surface area contributed by atoms with Crippen LogP contribution in [0.25, 0.3) is 0 Å². The van der Waals surface area contributed by atoms with Crippen LogP contribution in [-0.4, -0.2) is 13.7 Å². The number of hydrogen-bond acceptors (Lipinski definition) is 2. The van der Waals surface area contributed by atoms with Gasteiger partial charge >= 0.3 is 0 Å². The van der Waals surface area contributed by atoms with Gasteiger partial charge in [0, 0.05) is 14.0 Å². The number of rotatable bonds is 5. The van der Waals surface area contributed by atoms with Gasteiger partial charge in [-0.15, -0.1) is 0 Å². The lowest BCUT2D eigenvalue weighted by Crippen LogP contribution is -2.18. The smallest absolute Gasteiger partial charge is 0.120 e. The Balaban J connectivity index is 2.41. The van der Waals surface area contributed by atoms with Crippen LogP contribution in [0.2, 0.25) is 5.02 Å². The molecular weight excluding hydrogens is 417 g/mol. The van der Waals surface area contributed by atoms with Gasteiger partial charge in [0.2, 0.25) is 0 Å². The molecule has 0 saturated carbocycles. The monoisotopic (exact) mass is 431 g/mol. The molecule has 0 aliphatic heterocycles. The summed E-state index contributed by atoms with van der Waals surface area (Å²) in [4.78, 5) is 0. The van der Waals surface area contributed by atoms with Crippen molar-refractivity contribution in [1.82, 2.24) is 5.32 Å². The summed E-state index contributed by atoms with van der Waals surface area (Å²) in [5.74, 6) is 0.857. The Labute approximate surface area is 147 Å². The van der Waals surface area contributed by atoms with Crippen molar-refractivity contribution in [3.63, 3.8) is 0 Å². The lowest BCUT2D eigenvalue weighted by atomic mass is 9.99. The summed E-state index contributed by atoms with van der Waals surface area (Å²) in [7, 11) is 1.93. The minimum atomic E-state index is 0.0463. The Morgan fingerprint density at radius 1 is 1.19 bits per heavy atom. The van der Waals surface area contributed by atoms with Crippen LogP contribution in [0, 0.1) is 0 Å². The highest BCUT2D eigenvalue weighted by molar-refractivity contribution is 9.10. The lowest BCUT2D eigenvalue weighted by molar-refractivity contribution is 0.340. The predicted molar refractivity (Wildman–Crippen MR) is 95.4 cm³/mol. The molecule has 2 aromatic carbocycles. The topological polar surface area (TPSA) is 21.3 Å². The van der Waals surface area contributed by atoms with Gasteiger partial charge in [-0.3, -0.25) is 0 Å². The second-order valence-corrected chi connectivity index (χ2v) is 6.75. The number of ether oxygens (including phenoxy) is 1. The largest absolute Gasteiger partial charge is 0.494 e. The molecule has 21 heavy (non-hydrogen) atoms. The molecule has 0 radical (unpaired) electrons. The summed E-state index contributed by atoms with van der Waals surface area (Å²) in [6.07, 6.45) is 0. The van der Waals surface area contributed by atoms with Crippen LogP contribution in [0.15, 0.2) is 45.3 Å². The molecular formula is C16H16Br2ClNO. The van der Waals surface area contributed by atoms with Gasteiger partial charge in [0.25, 0.3) is 0 Å². The fourth-order valence-electron chi connectivity index (χ4n) is 2.24. The van der Waals surface area contributed by atoms with Gasteiger partial charge in [-0.05, 0) is 55.4 Å². The number of nitrogens with one attached hydrogen (secondary N) is 1. The van der Waals surface area contributed by atoms with E-state index in [-0.39, 0.29) is 6.04 Å². The summed E-state index contributed by atoms with van der Waals surface area (Å²) < 4.78 is 7.49. The van der Waals surface area contributed by atoms with E-state index in [0.29, 0.717) is 11.6 Å². The standard InChI is InChI=1S/C16H16Br2ClNO/c1-3-21-13-4-5-14(15(18)9-13)16(20-2)10-6-11(17)8-12(19)7-10/h4-9,16,20H,3H2,1-2H3. The number of benzene rings is 2. The fraction of sp³-hybridized carbons (Fsp3) is 0.250. The van der Waals surface area contributed by atoms with Crippen molar-refractivity contribution in [1.29, 1.82) is 0 Å². The average molecular weight is 434 g/mol. The Morgan fingerprint density at radius 3 is 2.52 bits per heavy atom. The van der Waals surface area contributed by atoms with E-state index in [9.17, 15) is 0 Å². The Morgan fingerprint density at radius 2 is 1.95 bits per heavy atom. The molecule has 0 aromatic heterocycles. The SMILES string of the molecule is CCOc1ccc(C(NC)c2cc(Cl)cc(Br)c2)c(Br)c1. The summed E-state index contributed by atoms with van der Waals surface area (Å²) >= 11 is 13.3. The molecule has 1 unspecified atom stereocenters. The van der Waals surface area contributed by atoms with E-state index < -0.39 is 0 Å². The zero-order valence-corrected chi connectivity index (χ0v) is 15.7. The number of hydrogen-bond donors (Lipinski definition) is 1. The molecule has 0 aliphatic carbocycles. The Kier molecular flexibility index (Phi) is 6.11. The molecule has 5 heteroatoms. The van der Waals surface area contributed by atoms with Crippen LogP contribution >= 0.6 is 43.5 Å². The van der Waals surface area contributed by atoms with E-state index in [0.717, 1.165) is 25.8 Å². The first-order valence-electron chi connectivity index (χ1n) is 6.60. The van der Waals surface area contributed by atoms with Crippen molar-refractivity contribution in [2.75, 3.05) is 13.7 Å². The van der Waals surface area contributed by atoms with Crippen LogP contribution in [0.3, 0.4) is 0 Å². The van der Waals surface area contributed by atoms with Crippen LogP contribution in [-0.2, 0) is 0 Å². The minimum absolute atomic E-state index is 0.0463. The molecule has 0 amide bonds. The summed E-state index contributed by atoms with van der Waals surface area (Å²) in [5.41, 5.74) is 2.23. The second-order valence-electron chi connectivity index (χ2n) is 4.54. The van der Waals surface area contributed by atoms with Crippen LogP contribution in [0.1, 0.15) is 24.1 Å². The molecule has 2 rings (SSSR count). The molecule has 0 aliphatic rings. The van der Waals surface area contributed by atoms with E-state index in [4.69, 9.17) is 16.3 Å². The van der Waals surface area contributed by atoms with Crippen LogP contribution in [0.4, 0.5) is 0 Å². The number of halogens is 3. The predicted octanol–water partition coefficient (Wildman–Crippen LogP) is 5.57. The van der Waals surface area contributed by atoms with Crippen molar-refractivity contribution in [2.45, 2.75) is 13.0 Å². The van der Waals surface area contributed by atoms with Gasteiger partial charge in [-0.1, -0.05) is 49.5 Å².